The smallest absolute Gasteiger partial charge is 0.168 e. The maximum atomic E-state index is 13.2. The molecule has 18 heavy (non-hydrogen) atoms. The topological polar surface area (TPSA) is 30.0 Å². The molecule has 92 valence electrons. The number of carbonyl (C=O) groups is 1. The van der Waals surface area contributed by atoms with Gasteiger partial charge in [0.1, 0.15) is 5.82 Å². The molecule has 0 amide bonds. The number of pyridine rings is 1. The first-order chi connectivity index (χ1) is 8.56. The molecule has 1 aromatic carbocycles. The van der Waals surface area contributed by atoms with Crippen molar-refractivity contribution in [2.75, 3.05) is 0 Å². The van der Waals surface area contributed by atoms with Gasteiger partial charge >= 0.3 is 0 Å². The van der Waals surface area contributed by atoms with Gasteiger partial charge in [-0.3, -0.25) is 9.78 Å². The van der Waals surface area contributed by atoms with E-state index >= 15 is 0 Å². The van der Waals surface area contributed by atoms with Crippen molar-refractivity contribution < 1.29 is 9.18 Å². The van der Waals surface area contributed by atoms with E-state index in [0.717, 1.165) is 0 Å². The van der Waals surface area contributed by atoms with Crippen LogP contribution in [0.15, 0.2) is 41.1 Å². The van der Waals surface area contributed by atoms with E-state index in [0.29, 0.717) is 20.6 Å². The molecule has 0 N–H and O–H groups in total. The van der Waals surface area contributed by atoms with Gasteiger partial charge in [0.05, 0.1) is 5.02 Å². The summed E-state index contributed by atoms with van der Waals surface area (Å²) in [6.45, 7) is 0. The average Bonchev–Trinajstić information content (AvgIpc) is 2.27. The summed E-state index contributed by atoms with van der Waals surface area (Å²) in [5, 5.41) is 0.304. The molecule has 0 unspecified atom stereocenters. The Balaban J connectivity index is 2.24. The van der Waals surface area contributed by atoms with Gasteiger partial charge in [0.15, 0.2) is 5.78 Å². The number of hydrogen-bond donors (Lipinski definition) is 0. The molecule has 0 aliphatic heterocycles. The lowest BCUT2D eigenvalue weighted by molar-refractivity contribution is 0.0993. The molecule has 0 aliphatic carbocycles. The Hall–Kier alpha value is -1.26. The monoisotopic (exact) mass is 327 g/mol. The summed E-state index contributed by atoms with van der Waals surface area (Å²) in [6.07, 6.45) is 3.01. The van der Waals surface area contributed by atoms with Crippen molar-refractivity contribution in [2.45, 2.75) is 6.42 Å². The van der Waals surface area contributed by atoms with Gasteiger partial charge in [0, 0.05) is 28.9 Å². The lowest BCUT2D eigenvalue weighted by Crippen LogP contribution is -2.05. The Labute approximate surface area is 117 Å². The largest absolute Gasteiger partial charge is 0.294 e. The molecule has 0 fully saturated rings. The highest BCUT2D eigenvalue weighted by Gasteiger charge is 2.11. The Bertz CT molecular complexity index is 583. The van der Waals surface area contributed by atoms with Crippen molar-refractivity contribution in [3.05, 3.63) is 63.1 Å². The first-order valence-electron chi connectivity index (χ1n) is 5.14. The molecule has 0 radical (unpaired) electrons. The van der Waals surface area contributed by atoms with E-state index in [1.165, 1.54) is 24.5 Å². The first kappa shape index (κ1) is 13.2. The second-order valence-electron chi connectivity index (χ2n) is 3.73. The molecule has 2 aromatic rings. The number of benzene rings is 1. The van der Waals surface area contributed by atoms with Gasteiger partial charge in [-0.1, -0.05) is 27.5 Å². The maximum Gasteiger partial charge on any atom is 0.168 e. The molecule has 0 atom stereocenters. The Morgan fingerprint density at radius 1 is 1.39 bits per heavy atom. The van der Waals surface area contributed by atoms with Crippen LogP contribution in [0.4, 0.5) is 4.39 Å². The van der Waals surface area contributed by atoms with Crippen LogP contribution in [0.1, 0.15) is 15.9 Å². The van der Waals surface area contributed by atoms with Crippen molar-refractivity contribution in [1.82, 2.24) is 4.98 Å². The minimum Gasteiger partial charge on any atom is -0.294 e. The number of carbonyl (C=O) groups excluding carboxylic acids is 1. The summed E-state index contributed by atoms with van der Waals surface area (Å²) in [7, 11) is 0. The molecule has 1 heterocycles. The van der Waals surface area contributed by atoms with Crippen LogP contribution in [0.3, 0.4) is 0 Å². The lowest BCUT2D eigenvalue weighted by atomic mass is 10.0. The van der Waals surface area contributed by atoms with Crippen LogP contribution in [0.2, 0.25) is 5.02 Å². The van der Waals surface area contributed by atoms with Crippen LogP contribution >= 0.6 is 27.5 Å². The van der Waals surface area contributed by atoms with Gasteiger partial charge in [-0.2, -0.15) is 0 Å². The van der Waals surface area contributed by atoms with Crippen LogP contribution in [-0.2, 0) is 6.42 Å². The lowest BCUT2D eigenvalue weighted by Gasteiger charge is -2.04. The predicted molar refractivity (Wildman–Crippen MR) is 71.4 cm³/mol. The quantitative estimate of drug-likeness (QED) is 0.795. The van der Waals surface area contributed by atoms with E-state index in [1.54, 1.807) is 12.1 Å². The highest BCUT2D eigenvalue weighted by atomic mass is 79.9. The van der Waals surface area contributed by atoms with Crippen LogP contribution in [-0.4, -0.2) is 10.8 Å². The third-order valence-corrected chi connectivity index (χ3v) is 3.12. The number of halogens is 3. The summed E-state index contributed by atoms with van der Waals surface area (Å²) in [4.78, 5) is 15.8. The Kier molecular flexibility index (Phi) is 4.09. The third kappa shape index (κ3) is 3.15. The molecule has 2 nitrogen and oxygen atoms in total. The summed E-state index contributed by atoms with van der Waals surface area (Å²) >= 11 is 9.07. The van der Waals surface area contributed by atoms with E-state index in [2.05, 4.69) is 20.9 Å². The van der Waals surface area contributed by atoms with Crippen molar-refractivity contribution >= 4 is 33.3 Å². The molecule has 0 aliphatic rings. The fourth-order valence-corrected chi connectivity index (χ4v) is 2.33. The Morgan fingerprint density at radius 2 is 2.17 bits per heavy atom. The van der Waals surface area contributed by atoms with E-state index in [1.807, 2.05) is 0 Å². The molecule has 5 heteroatoms. The van der Waals surface area contributed by atoms with Crippen LogP contribution in [0, 0.1) is 5.82 Å². The zero-order chi connectivity index (χ0) is 13.1. The average molecular weight is 329 g/mol. The normalized spacial score (nSPS) is 10.4. The van der Waals surface area contributed by atoms with Crippen LogP contribution < -0.4 is 0 Å². The van der Waals surface area contributed by atoms with Gasteiger partial charge in [-0.05, 0) is 29.8 Å². The van der Waals surface area contributed by atoms with E-state index < -0.39 is 0 Å². The zero-order valence-electron chi connectivity index (χ0n) is 9.16. The third-order valence-electron chi connectivity index (χ3n) is 2.36. The standard InChI is InChI=1S/C13H8BrClFNO/c14-9-3-8(4-10(16)6-9)5-13(18)11-1-2-17-7-12(11)15/h1-4,6-7H,5H2. The highest BCUT2D eigenvalue weighted by molar-refractivity contribution is 9.10. The molecular weight excluding hydrogens is 321 g/mol. The van der Waals surface area contributed by atoms with Gasteiger partial charge in [0.2, 0.25) is 0 Å². The molecular formula is C13H8BrClFNO. The van der Waals surface area contributed by atoms with Gasteiger partial charge < -0.3 is 0 Å². The van der Waals surface area contributed by atoms with Crippen molar-refractivity contribution in [2.24, 2.45) is 0 Å². The Morgan fingerprint density at radius 3 is 2.83 bits per heavy atom. The zero-order valence-corrected chi connectivity index (χ0v) is 11.5. The molecule has 0 saturated carbocycles. The van der Waals surface area contributed by atoms with Gasteiger partial charge in [-0.15, -0.1) is 0 Å². The van der Waals surface area contributed by atoms with Crippen molar-refractivity contribution in [3.63, 3.8) is 0 Å². The molecule has 2 rings (SSSR count). The van der Waals surface area contributed by atoms with Crippen molar-refractivity contribution in [1.29, 1.82) is 0 Å². The molecule has 1 aromatic heterocycles. The number of aromatic nitrogens is 1. The SMILES string of the molecule is O=C(Cc1cc(F)cc(Br)c1)c1ccncc1Cl. The minimum atomic E-state index is -0.381. The molecule has 0 spiro atoms. The fourth-order valence-electron chi connectivity index (χ4n) is 1.59. The second-order valence-corrected chi connectivity index (χ2v) is 5.06. The number of Topliss-reactive ketones (excluding diaryl/α,β-unsaturated/α-hetero) is 1. The van der Waals surface area contributed by atoms with Gasteiger partial charge in [0.25, 0.3) is 0 Å². The van der Waals surface area contributed by atoms with Gasteiger partial charge in [-0.25, -0.2) is 4.39 Å². The fraction of sp³-hybridized carbons (Fsp3) is 0.0769. The van der Waals surface area contributed by atoms with E-state index in [-0.39, 0.29) is 18.0 Å². The molecule has 0 saturated heterocycles. The second kappa shape index (κ2) is 5.59. The highest BCUT2D eigenvalue weighted by Crippen LogP contribution is 2.19. The minimum absolute atomic E-state index is 0.0973. The van der Waals surface area contributed by atoms with E-state index in [4.69, 9.17) is 11.6 Å². The number of nitrogens with zero attached hydrogens (tertiary/aromatic N) is 1. The maximum absolute atomic E-state index is 13.2. The van der Waals surface area contributed by atoms with Crippen molar-refractivity contribution in [3.8, 4) is 0 Å². The predicted octanol–water partition coefficient (Wildman–Crippen LogP) is 4.06. The molecule has 0 bridgehead atoms. The van der Waals surface area contributed by atoms with Crippen LogP contribution in [0.25, 0.3) is 0 Å². The first-order valence-corrected chi connectivity index (χ1v) is 6.31. The van der Waals surface area contributed by atoms with E-state index in [9.17, 15) is 9.18 Å². The summed E-state index contributed by atoms with van der Waals surface area (Å²) < 4.78 is 13.8. The summed E-state index contributed by atoms with van der Waals surface area (Å²) in [5.41, 5.74) is 0.992. The summed E-state index contributed by atoms with van der Waals surface area (Å²) in [5.74, 6) is -0.548. The number of hydrogen-bond acceptors (Lipinski definition) is 2. The summed E-state index contributed by atoms with van der Waals surface area (Å²) in [6, 6.07) is 5.93. The number of ketones is 1. The number of rotatable bonds is 3. The van der Waals surface area contributed by atoms with Crippen LogP contribution in [0.5, 0.6) is 0 Å².